The Bertz CT molecular complexity index is 322. The Morgan fingerprint density at radius 1 is 1.19 bits per heavy atom. The average Bonchev–Trinajstić information content (AvgIpc) is 2.27. The van der Waals surface area contributed by atoms with Crippen LogP contribution in [0.4, 0.5) is 0 Å². The second kappa shape index (κ2) is 4.93. The second-order valence-corrected chi connectivity index (χ2v) is 4.38. The lowest BCUT2D eigenvalue weighted by molar-refractivity contribution is -0.216. The van der Waals surface area contributed by atoms with Crippen LogP contribution in [0.3, 0.4) is 0 Å². The van der Waals surface area contributed by atoms with Gasteiger partial charge in [-0.1, -0.05) is 30.3 Å². The van der Waals surface area contributed by atoms with Crippen LogP contribution in [0.2, 0.25) is 0 Å². The van der Waals surface area contributed by atoms with Gasteiger partial charge in [0.05, 0.1) is 12.1 Å². The molecule has 4 heteroatoms. The van der Waals surface area contributed by atoms with E-state index in [9.17, 15) is 10.2 Å². The summed E-state index contributed by atoms with van der Waals surface area (Å²) in [5.41, 5.74) is 5.20. The number of aryl methyl sites for hydroxylation is 1. The molecule has 0 fully saturated rings. The third kappa shape index (κ3) is 3.02. The molecule has 0 aromatic heterocycles. The van der Waals surface area contributed by atoms with Gasteiger partial charge in [0.15, 0.2) is 5.79 Å². The summed E-state index contributed by atoms with van der Waals surface area (Å²) in [6, 6.07) is 9.49. The zero-order chi connectivity index (χ0) is 12.2. The van der Waals surface area contributed by atoms with Crippen molar-refractivity contribution in [1.82, 2.24) is 0 Å². The van der Waals surface area contributed by atoms with E-state index in [0.717, 1.165) is 5.56 Å². The van der Waals surface area contributed by atoms with Crippen molar-refractivity contribution in [2.75, 3.05) is 6.61 Å². The topological polar surface area (TPSA) is 86.7 Å². The zero-order valence-corrected chi connectivity index (χ0v) is 9.43. The number of rotatable bonds is 5. The normalized spacial score (nSPS) is 15.8. The molecule has 1 unspecified atom stereocenters. The van der Waals surface area contributed by atoms with E-state index in [1.165, 1.54) is 6.92 Å². The molecule has 0 amide bonds. The SMILES string of the molecule is CC(N)(CO)C(O)(O)CCc1ccccc1. The number of nitrogens with two attached hydrogens (primary N) is 1. The fraction of sp³-hybridized carbons (Fsp3) is 0.500. The zero-order valence-electron chi connectivity index (χ0n) is 9.43. The Labute approximate surface area is 95.3 Å². The Kier molecular flexibility index (Phi) is 4.04. The maximum atomic E-state index is 9.77. The number of hydrogen-bond donors (Lipinski definition) is 4. The third-order valence-electron chi connectivity index (χ3n) is 2.85. The minimum absolute atomic E-state index is 0.0879. The Hall–Kier alpha value is -0.940. The Morgan fingerprint density at radius 3 is 2.25 bits per heavy atom. The summed E-state index contributed by atoms with van der Waals surface area (Å²) >= 11 is 0. The molecule has 1 atom stereocenters. The predicted octanol–water partition coefficient (Wildman–Crippen LogP) is 0.00980. The van der Waals surface area contributed by atoms with Crippen molar-refractivity contribution >= 4 is 0 Å². The molecule has 5 N–H and O–H groups in total. The van der Waals surface area contributed by atoms with Gasteiger partial charge in [0.1, 0.15) is 0 Å². The van der Waals surface area contributed by atoms with Gasteiger partial charge in [-0.2, -0.15) is 0 Å². The molecule has 4 nitrogen and oxygen atoms in total. The molecule has 16 heavy (non-hydrogen) atoms. The fourth-order valence-corrected chi connectivity index (χ4v) is 1.38. The van der Waals surface area contributed by atoms with Gasteiger partial charge in [-0.3, -0.25) is 0 Å². The first-order valence-corrected chi connectivity index (χ1v) is 5.27. The van der Waals surface area contributed by atoms with E-state index in [-0.39, 0.29) is 6.42 Å². The first-order valence-electron chi connectivity index (χ1n) is 5.27. The summed E-state index contributed by atoms with van der Waals surface area (Å²) in [5, 5.41) is 28.5. The van der Waals surface area contributed by atoms with Crippen molar-refractivity contribution < 1.29 is 15.3 Å². The average molecular weight is 225 g/mol. The Balaban J connectivity index is 2.61. The largest absolute Gasteiger partial charge is 0.394 e. The molecular formula is C12H19NO3. The van der Waals surface area contributed by atoms with Gasteiger partial charge in [-0.15, -0.1) is 0 Å². The van der Waals surface area contributed by atoms with Crippen LogP contribution in [0.1, 0.15) is 18.9 Å². The lowest BCUT2D eigenvalue weighted by Crippen LogP contribution is -2.61. The van der Waals surface area contributed by atoms with Gasteiger partial charge >= 0.3 is 0 Å². The van der Waals surface area contributed by atoms with Crippen LogP contribution in [0.15, 0.2) is 30.3 Å². The van der Waals surface area contributed by atoms with Crippen LogP contribution in [0, 0.1) is 0 Å². The van der Waals surface area contributed by atoms with Crippen LogP contribution in [-0.4, -0.2) is 33.3 Å². The molecule has 0 radical (unpaired) electrons. The van der Waals surface area contributed by atoms with Crippen molar-refractivity contribution in [2.24, 2.45) is 5.73 Å². The summed E-state index contributed by atoms with van der Waals surface area (Å²) in [5.74, 6) is -2.07. The highest BCUT2D eigenvalue weighted by Crippen LogP contribution is 2.22. The van der Waals surface area contributed by atoms with E-state index >= 15 is 0 Å². The van der Waals surface area contributed by atoms with Crippen LogP contribution < -0.4 is 5.73 Å². The maximum Gasteiger partial charge on any atom is 0.183 e. The summed E-state index contributed by atoms with van der Waals surface area (Å²) in [6.45, 7) is 0.937. The van der Waals surface area contributed by atoms with Gasteiger partial charge < -0.3 is 21.1 Å². The minimum atomic E-state index is -2.07. The molecule has 1 aromatic carbocycles. The third-order valence-corrected chi connectivity index (χ3v) is 2.85. The quantitative estimate of drug-likeness (QED) is 0.532. The molecule has 1 rings (SSSR count). The van der Waals surface area contributed by atoms with Gasteiger partial charge in [-0.05, 0) is 18.9 Å². The highest BCUT2D eigenvalue weighted by Gasteiger charge is 2.41. The molecule has 0 spiro atoms. The molecule has 0 saturated carbocycles. The van der Waals surface area contributed by atoms with Gasteiger partial charge in [0.2, 0.25) is 0 Å². The van der Waals surface area contributed by atoms with E-state index in [4.69, 9.17) is 10.8 Å². The molecule has 0 saturated heterocycles. The molecule has 0 aliphatic heterocycles. The highest BCUT2D eigenvalue weighted by molar-refractivity contribution is 5.15. The van der Waals surface area contributed by atoms with E-state index < -0.39 is 17.9 Å². The van der Waals surface area contributed by atoms with Gasteiger partial charge in [-0.25, -0.2) is 0 Å². The van der Waals surface area contributed by atoms with E-state index in [0.29, 0.717) is 6.42 Å². The standard InChI is InChI=1S/C12H19NO3/c1-11(13,9-14)12(15,16)8-7-10-5-3-2-4-6-10/h2-6,14-16H,7-9,13H2,1H3. The van der Waals surface area contributed by atoms with Crippen LogP contribution in [0.5, 0.6) is 0 Å². The summed E-state index contributed by atoms with van der Waals surface area (Å²) in [4.78, 5) is 0. The smallest absolute Gasteiger partial charge is 0.183 e. The molecule has 0 bridgehead atoms. The fourth-order valence-electron chi connectivity index (χ4n) is 1.38. The number of hydrogen-bond acceptors (Lipinski definition) is 4. The molecule has 0 aliphatic rings. The van der Waals surface area contributed by atoms with E-state index in [1.807, 2.05) is 30.3 Å². The van der Waals surface area contributed by atoms with Crippen LogP contribution in [0.25, 0.3) is 0 Å². The summed E-state index contributed by atoms with van der Waals surface area (Å²) in [6.07, 6.45) is 0.588. The van der Waals surface area contributed by atoms with Crippen LogP contribution in [-0.2, 0) is 6.42 Å². The molecule has 1 aromatic rings. The molecule has 0 aliphatic carbocycles. The highest BCUT2D eigenvalue weighted by atomic mass is 16.5. The minimum Gasteiger partial charge on any atom is -0.394 e. The van der Waals surface area contributed by atoms with Gasteiger partial charge in [0, 0.05) is 6.42 Å². The van der Waals surface area contributed by atoms with Crippen molar-refractivity contribution in [3.05, 3.63) is 35.9 Å². The predicted molar refractivity (Wildman–Crippen MR) is 61.6 cm³/mol. The summed E-state index contributed by atoms with van der Waals surface area (Å²) < 4.78 is 0. The monoisotopic (exact) mass is 225 g/mol. The van der Waals surface area contributed by atoms with Crippen molar-refractivity contribution in [1.29, 1.82) is 0 Å². The van der Waals surface area contributed by atoms with Crippen molar-refractivity contribution in [3.8, 4) is 0 Å². The van der Waals surface area contributed by atoms with Crippen LogP contribution >= 0.6 is 0 Å². The number of aliphatic hydroxyl groups is 3. The van der Waals surface area contributed by atoms with Crippen molar-refractivity contribution in [2.45, 2.75) is 31.1 Å². The second-order valence-electron chi connectivity index (χ2n) is 4.38. The Morgan fingerprint density at radius 2 is 1.75 bits per heavy atom. The lowest BCUT2D eigenvalue weighted by Gasteiger charge is -2.36. The van der Waals surface area contributed by atoms with Crippen molar-refractivity contribution in [3.63, 3.8) is 0 Å². The number of aliphatic hydroxyl groups excluding tert-OH is 1. The van der Waals surface area contributed by atoms with E-state index in [2.05, 4.69) is 0 Å². The maximum absolute atomic E-state index is 9.77. The molecule has 0 heterocycles. The van der Waals surface area contributed by atoms with Gasteiger partial charge in [0.25, 0.3) is 0 Å². The lowest BCUT2D eigenvalue weighted by atomic mass is 9.88. The van der Waals surface area contributed by atoms with E-state index in [1.54, 1.807) is 0 Å². The summed E-state index contributed by atoms with van der Waals surface area (Å²) in [7, 11) is 0. The number of benzene rings is 1. The molecule has 90 valence electrons. The molecular weight excluding hydrogens is 206 g/mol. The first-order chi connectivity index (χ1) is 7.39. The first kappa shape index (κ1) is 13.1.